The minimum absolute atomic E-state index is 0.583. The van der Waals surface area contributed by atoms with Crippen LogP contribution in [0.4, 0.5) is 22.7 Å². The standard InChI is InChI=1S/C16H16N4/c17-13-5-9-1-2-10-6-14(18)16(20)8-12(10)4-3-11(9)7-15(13)19/h1-8H,17-20H2/b2-1-,4-3+,9-1?,10-2?,11-3?,12-4?. The minimum atomic E-state index is 0.583. The highest BCUT2D eigenvalue weighted by Gasteiger charge is 2.07. The third-order valence-electron chi connectivity index (χ3n) is 3.46. The Balaban J connectivity index is 2.18. The fourth-order valence-corrected chi connectivity index (χ4v) is 2.27. The highest BCUT2D eigenvalue weighted by Crippen LogP contribution is 2.30. The molecule has 0 fully saturated rings. The van der Waals surface area contributed by atoms with Crippen molar-refractivity contribution < 1.29 is 0 Å². The lowest BCUT2D eigenvalue weighted by Gasteiger charge is -2.11. The molecule has 0 aliphatic heterocycles. The molecule has 3 rings (SSSR count). The summed E-state index contributed by atoms with van der Waals surface area (Å²) in [5.74, 6) is 0. The number of benzene rings is 2. The summed E-state index contributed by atoms with van der Waals surface area (Å²) >= 11 is 0. The van der Waals surface area contributed by atoms with Crippen LogP contribution in [0.15, 0.2) is 24.3 Å². The van der Waals surface area contributed by atoms with E-state index in [4.69, 9.17) is 22.9 Å². The Hall–Kier alpha value is -2.88. The van der Waals surface area contributed by atoms with E-state index in [1.165, 1.54) is 0 Å². The molecule has 0 spiro atoms. The Morgan fingerprint density at radius 3 is 0.800 bits per heavy atom. The van der Waals surface area contributed by atoms with Crippen LogP contribution < -0.4 is 22.9 Å². The zero-order valence-electron chi connectivity index (χ0n) is 10.9. The largest absolute Gasteiger partial charge is 0.397 e. The molecule has 8 N–H and O–H groups in total. The summed E-state index contributed by atoms with van der Waals surface area (Å²) in [7, 11) is 0. The average molecular weight is 264 g/mol. The van der Waals surface area contributed by atoms with E-state index in [0.717, 1.165) is 22.3 Å². The summed E-state index contributed by atoms with van der Waals surface area (Å²) in [5, 5.41) is 0. The summed E-state index contributed by atoms with van der Waals surface area (Å²) in [4.78, 5) is 0. The summed E-state index contributed by atoms with van der Waals surface area (Å²) in [6.45, 7) is 0. The monoisotopic (exact) mass is 264 g/mol. The summed E-state index contributed by atoms with van der Waals surface area (Å²) in [6.07, 6.45) is 8.01. The molecule has 4 heteroatoms. The number of hydrogen-bond donors (Lipinski definition) is 4. The van der Waals surface area contributed by atoms with Crippen LogP contribution in [0.25, 0.3) is 24.3 Å². The number of anilines is 4. The van der Waals surface area contributed by atoms with E-state index >= 15 is 0 Å². The maximum absolute atomic E-state index is 5.85. The normalized spacial score (nSPS) is 15.6. The lowest BCUT2D eigenvalue weighted by Crippen LogP contribution is -1.99. The average Bonchev–Trinajstić information content (AvgIpc) is 2.40. The molecule has 4 nitrogen and oxygen atoms in total. The second-order valence-electron chi connectivity index (χ2n) is 4.89. The van der Waals surface area contributed by atoms with Crippen LogP contribution in [-0.4, -0.2) is 0 Å². The van der Waals surface area contributed by atoms with Gasteiger partial charge in [-0.15, -0.1) is 0 Å². The van der Waals surface area contributed by atoms with Crippen molar-refractivity contribution in [1.82, 2.24) is 0 Å². The Kier molecular flexibility index (Phi) is 2.64. The van der Waals surface area contributed by atoms with Gasteiger partial charge < -0.3 is 22.9 Å². The van der Waals surface area contributed by atoms with E-state index in [1.54, 1.807) is 0 Å². The van der Waals surface area contributed by atoms with Gasteiger partial charge in [-0.1, -0.05) is 24.3 Å². The number of rotatable bonds is 0. The van der Waals surface area contributed by atoms with E-state index in [0.29, 0.717) is 22.7 Å². The fraction of sp³-hybridized carbons (Fsp3) is 0. The molecular weight excluding hydrogens is 248 g/mol. The molecule has 0 atom stereocenters. The first kappa shape index (κ1) is 12.2. The second-order valence-corrected chi connectivity index (χ2v) is 4.89. The SMILES string of the molecule is Nc1cc2c(cc1N)/C=C/c1cc(N)c(N)cc1/C=C\2. The smallest absolute Gasteiger partial charge is 0.0554 e. The zero-order chi connectivity index (χ0) is 14.3. The molecule has 0 saturated carbocycles. The van der Waals surface area contributed by atoms with Gasteiger partial charge in [-0.2, -0.15) is 0 Å². The molecule has 2 aromatic carbocycles. The third kappa shape index (κ3) is 1.97. The molecule has 0 bridgehead atoms. The molecule has 0 saturated heterocycles. The third-order valence-corrected chi connectivity index (χ3v) is 3.46. The van der Waals surface area contributed by atoms with Gasteiger partial charge in [-0.05, 0) is 46.5 Å². The van der Waals surface area contributed by atoms with Crippen LogP contribution >= 0.6 is 0 Å². The van der Waals surface area contributed by atoms with Crippen LogP contribution in [0, 0.1) is 0 Å². The van der Waals surface area contributed by atoms with Crippen LogP contribution in [0.2, 0.25) is 0 Å². The van der Waals surface area contributed by atoms with Gasteiger partial charge >= 0.3 is 0 Å². The van der Waals surface area contributed by atoms with Crippen LogP contribution in [-0.2, 0) is 0 Å². The van der Waals surface area contributed by atoms with Crippen LogP contribution in [0.5, 0.6) is 0 Å². The van der Waals surface area contributed by atoms with Gasteiger partial charge in [0, 0.05) is 0 Å². The first-order valence-electron chi connectivity index (χ1n) is 6.29. The van der Waals surface area contributed by atoms with Crippen molar-refractivity contribution in [2.75, 3.05) is 22.9 Å². The number of fused-ring (bicyclic) bond motifs is 2. The van der Waals surface area contributed by atoms with Crippen LogP contribution in [0.3, 0.4) is 0 Å². The van der Waals surface area contributed by atoms with Crippen molar-refractivity contribution in [3.05, 3.63) is 46.5 Å². The van der Waals surface area contributed by atoms with Gasteiger partial charge in [0.05, 0.1) is 22.7 Å². The minimum Gasteiger partial charge on any atom is -0.397 e. The molecule has 20 heavy (non-hydrogen) atoms. The second kappa shape index (κ2) is 4.35. The molecule has 100 valence electrons. The van der Waals surface area contributed by atoms with E-state index in [2.05, 4.69) is 0 Å². The summed E-state index contributed by atoms with van der Waals surface area (Å²) in [6, 6.07) is 7.49. The summed E-state index contributed by atoms with van der Waals surface area (Å²) < 4.78 is 0. The van der Waals surface area contributed by atoms with Crippen molar-refractivity contribution in [2.24, 2.45) is 0 Å². The fourth-order valence-electron chi connectivity index (χ4n) is 2.27. The molecule has 0 amide bonds. The molecule has 1 aliphatic rings. The molecule has 0 unspecified atom stereocenters. The number of nitrogens with two attached hydrogens (primary N) is 4. The Bertz CT molecular complexity index is 630. The maximum atomic E-state index is 5.85. The lowest BCUT2D eigenvalue weighted by molar-refractivity contribution is 1.56. The van der Waals surface area contributed by atoms with E-state index in [1.807, 2.05) is 48.6 Å². The van der Waals surface area contributed by atoms with Gasteiger partial charge in [0.2, 0.25) is 0 Å². The van der Waals surface area contributed by atoms with Crippen molar-refractivity contribution in [3.63, 3.8) is 0 Å². The van der Waals surface area contributed by atoms with Gasteiger partial charge in [0.1, 0.15) is 0 Å². The zero-order valence-corrected chi connectivity index (χ0v) is 10.9. The Labute approximate surface area is 117 Å². The number of hydrogen-bond acceptors (Lipinski definition) is 4. The van der Waals surface area contributed by atoms with Crippen molar-refractivity contribution in [1.29, 1.82) is 0 Å². The van der Waals surface area contributed by atoms with E-state index in [-0.39, 0.29) is 0 Å². The molecule has 0 radical (unpaired) electrons. The van der Waals surface area contributed by atoms with Gasteiger partial charge in [0.25, 0.3) is 0 Å². The number of nitrogen functional groups attached to an aromatic ring is 4. The first-order chi connectivity index (χ1) is 9.54. The summed E-state index contributed by atoms with van der Waals surface area (Å²) in [5.41, 5.74) is 29.8. The predicted molar refractivity (Wildman–Crippen MR) is 88.4 cm³/mol. The molecule has 1 aliphatic carbocycles. The molecule has 0 aromatic heterocycles. The first-order valence-corrected chi connectivity index (χ1v) is 6.29. The topological polar surface area (TPSA) is 104 Å². The van der Waals surface area contributed by atoms with Crippen molar-refractivity contribution >= 4 is 47.1 Å². The van der Waals surface area contributed by atoms with Crippen molar-refractivity contribution in [2.45, 2.75) is 0 Å². The van der Waals surface area contributed by atoms with E-state index in [9.17, 15) is 0 Å². The lowest BCUT2D eigenvalue weighted by atomic mass is 9.96. The van der Waals surface area contributed by atoms with Gasteiger partial charge in [0.15, 0.2) is 0 Å². The Morgan fingerprint density at radius 2 is 0.600 bits per heavy atom. The van der Waals surface area contributed by atoms with Gasteiger partial charge in [-0.25, -0.2) is 0 Å². The highest BCUT2D eigenvalue weighted by atomic mass is 14.7. The molecular formula is C16H16N4. The van der Waals surface area contributed by atoms with Crippen LogP contribution in [0.1, 0.15) is 22.3 Å². The quantitative estimate of drug-likeness (QED) is 0.468. The highest BCUT2D eigenvalue weighted by molar-refractivity contribution is 5.90. The Morgan fingerprint density at radius 1 is 0.400 bits per heavy atom. The van der Waals surface area contributed by atoms with Crippen molar-refractivity contribution in [3.8, 4) is 0 Å². The van der Waals surface area contributed by atoms with Gasteiger partial charge in [-0.3, -0.25) is 0 Å². The molecule has 0 heterocycles. The van der Waals surface area contributed by atoms with E-state index < -0.39 is 0 Å². The maximum Gasteiger partial charge on any atom is 0.0554 e. The molecule has 2 aromatic rings. The predicted octanol–water partition coefficient (Wildman–Crippen LogP) is 2.67.